The number of hydrogen-bond donors (Lipinski definition) is 1. The molecule has 0 unspecified atom stereocenters. The summed E-state index contributed by atoms with van der Waals surface area (Å²) >= 11 is 6.03. The fraction of sp³-hybridized carbons (Fsp3) is 0.0741. The minimum Gasteiger partial charge on any atom is -0.497 e. The van der Waals surface area contributed by atoms with Crippen LogP contribution in [0.1, 0.15) is 15.9 Å². The number of nitrogens with one attached hydrogen (secondary N) is 1. The van der Waals surface area contributed by atoms with Gasteiger partial charge in [-0.25, -0.2) is 10.2 Å². The van der Waals surface area contributed by atoms with Gasteiger partial charge in [-0.3, -0.25) is 4.79 Å². The molecule has 35 heavy (non-hydrogen) atoms. The predicted octanol–water partition coefficient (Wildman–Crippen LogP) is 5.25. The first kappa shape index (κ1) is 23.8. The van der Waals surface area contributed by atoms with Crippen LogP contribution in [0.4, 0.5) is 0 Å². The summed E-state index contributed by atoms with van der Waals surface area (Å²) in [6.07, 6.45) is 1.44. The van der Waals surface area contributed by atoms with Gasteiger partial charge in [0.05, 0.1) is 23.9 Å². The number of para-hydroxylation sites is 1. The number of amides is 1. The lowest BCUT2D eigenvalue weighted by molar-refractivity contribution is -0.123. The van der Waals surface area contributed by atoms with Crippen molar-refractivity contribution in [2.45, 2.75) is 0 Å². The highest BCUT2D eigenvalue weighted by molar-refractivity contribution is 6.32. The van der Waals surface area contributed by atoms with E-state index in [-0.39, 0.29) is 6.61 Å². The number of benzene rings is 4. The zero-order valence-electron chi connectivity index (χ0n) is 18.7. The van der Waals surface area contributed by atoms with Crippen LogP contribution in [0.15, 0.2) is 90.0 Å². The monoisotopic (exact) mass is 488 g/mol. The summed E-state index contributed by atoms with van der Waals surface area (Å²) in [7, 11) is 1.55. The molecule has 0 aliphatic heterocycles. The molecule has 0 aliphatic carbocycles. The number of ether oxygens (including phenoxy) is 3. The third-order valence-corrected chi connectivity index (χ3v) is 5.35. The fourth-order valence-electron chi connectivity index (χ4n) is 3.29. The Hall–Kier alpha value is -4.36. The van der Waals surface area contributed by atoms with Gasteiger partial charge in [0, 0.05) is 5.56 Å². The lowest BCUT2D eigenvalue weighted by atomic mass is 10.0. The van der Waals surface area contributed by atoms with Crippen molar-refractivity contribution in [1.29, 1.82) is 0 Å². The molecule has 4 aromatic rings. The first-order valence-electron chi connectivity index (χ1n) is 10.6. The molecular formula is C27H21ClN2O5. The average Bonchev–Trinajstić information content (AvgIpc) is 2.89. The smallest absolute Gasteiger partial charge is 0.343 e. The standard InChI is InChI=1S/C27H21ClN2O5/c1-33-20-13-10-19(11-14-20)27(32)35-24-15-12-18-6-2-3-7-21(18)22(24)16-29-30-26(31)17-34-25-9-5-4-8-23(25)28/h2-16H,17H2,1H3,(H,30,31). The molecule has 176 valence electrons. The third kappa shape index (κ3) is 5.96. The molecule has 0 spiro atoms. The van der Waals surface area contributed by atoms with Crippen molar-refractivity contribution in [3.05, 3.63) is 101 Å². The van der Waals surface area contributed by atoms with Crippen LogP contribution >= 0.6 is 11.6 Å². The normalized spacial score (nSPS) is 10.8. The van der Waals surface area contributed by atoms with Gasteiger partial charge in [0.25, 0.3) is 5.91 Å². The van der Waals surface area contributed by atoms with Crippen LogP contribution in [0.5, 0.6) is 17.2 Å². The highest BCUT2D eigenvalue weighted by Crippen LogP contribution is 2.28. The maximum Gasteiger partial charge on any atom is 0.343 e. The lowest BCUT2D eigenvalue weighted by Crippen LogP contribution is -2.24. The van der Waals surface area contributed by atoms with Crippen LogP contribution in [0, 0.1) is 0 Å². The van der Waals surface area contributed by atoms with Gasteiger partial charge in [0.2, 0.25) is 0 Å². The molecule has 0 fully saturated rings. The van der Waals surface area contributed by atoms with Crippen molar-refractivity contribution >= 4 is 40.5 Å². The van der Waals surface area contributed by atoms with E-state index in [0.717, 1.165) is 10.8 Å². The summed E-state index contributed by atoms with van der Waals surface area (Å²) in [6.45, 7) is -0.268. The Labute approximate surface area is 206 Å². The molecule has 0 heterocycles. The molecule has 0 atom stereocenters. The number of carbonyl (C=O) groups is 2. The molecule has 0 aliphatic rings. The average molecular weight is 489 g/mol. The Morgan fingerprint density at radius 2 is 1.66 bits per heavy atom. The number of rotatable bonds is 8. The molecule has 0 aromatic heterocycles. The summed E-state index contributed by atoms with van der Waals surface area (Å²) in [5.41, 5.74) is 3.33. The summed E-state index contributed by atoms with van der Waals surface area (Å²) in [5.74, 6) is 0.326. The lowest BCUT2D eigenvalue weighted by Gasteiger charge is -2.11. The molecule has 0 radical (unpaired) electrons. The van der Waals surface area contributed by atoms with E-state index in [1.54, 1.807) is 61.7 Å². The zero-order chi connectivity index (χ0) is 24.6. The first-order valence-corrected chi connectivity index (χ1v) is 11.0. The van der Waals surface area contributed by atoms with Gasteiger partial charge in [-0.1, -0.05) is 54.1 Å². The van der Waals surface area contributed by atoms with E-state index >= 15 is 0 Å². The molecule has 0 saturated carbocycles. The van der Waals surface area contributed by atoms with Gasteiger partial charge >= 0.3 is 5.97 Å². The molecule has 1 amide bonds. The highest BCUT2D eigenvalue weighted by Gasteiger charge is 2.14. The van der Waals surface area contributed by atoms with E-state index in [1.807, 2.05) is 30.3 Å². The molecule has 1 N–H and O–H groups in total. The molecule has 8 heteroatoms. The maximum absolute atomic E-state index is 12.7. The zero-order valence-corrected chi connectivity index (χ0v) is 19.5. The SMILES string of the molecule is COc1ccc(C(=O)Oc2ccc3ccccc3c2C=NNC(=O)COc2ccccc2Cl)cc1. The molecular weight excluding hydrogens is 468 g/mol. The van der Waals surface area contributed by atoms with Crippen LogP contribution in [-0.2, 0) is 4.79 Å². The molecule has 0 bridgehead atoms. The third-order valence-electron chi connectivity index (χ3n) is 5.04. The van der Waals surface area contributed by atoms with Gasteiger partial charge < -0.3 is 14.2 Å². The maximum atomic E-state index is 12.7. The van der Waals surface area contributed by atoms with E-state index in [4.69, 9.17) is 25.8 Å². The quantitative estimate of drug-likeness (QED) is 0.158. The second kappa shape index (κ2) is 11.2. The van der Waals surface area contributed by atoms with E-state index in [1.165, 1.54) is 6.21 Å². The van der Waals surface area contributed by atoms with Crippen molar-refractivity contribution in [3.63, 3.8) is 0 Å². The summed E-state index contributed by atoms with van der Waals surface area (Å²) in [4.78, 5) is 24.9. The first-order chi connectivity index (χ1) is 17.0. The second-order valence-electron chi connectivity index (χ2n) is 7.33. The Morgan fingerprint density at radius 3 is 2.43 bits per heavy atom. The van der Waals surface area contributed by atoms with E-state index < -0.39 is 11.9 Å². The minimum atomic E-state index is -0.533. The molecule has 4 rings (SSSR count). The van der Waals surface area contributed by atoms with Gasteiger partial charge in [0.15, 0.2) is 6.61 Å². The Kier molecular flexibility index (Phi) is 7.60. The van der Waals surface area contributed by atoms with E-state index in [0.29, 0.717) is 33.4 Å². The van der Waals surface area contributed by atoms with Crippen LogP contribution in [0.25, 0.3) is 10.8 Å². The molecule has 0 saturated heterocycles. The predicted molar refractivity (Wildman–Crippen MR) is 135 cm³/mol. The summed E-state index contributed by atoms with van der Waals surface area (Å²) in [5, 5.41) is 6.18. The fourth-order valence-corrected chi connectivity index (χ4v) is 3.48. The second-order valence-corrected chi connectivity index (χ2v) is 7.74. The number of methoxy groups -OCH3 is 1. The minimum absolute atomic E-state index is 0.268. The largest absolute Gasteiger partial charge is 0.497 e. The van der Waals surface area contributed by atoms with Crippen LogP contribution in [0.3, 0.4) is 0 Å². The van der Waals surface area contributed by atoms with Crippen molar-refractivity contribution in [2.75, 3.05) is 13.7 Å². The van der Waals surface area contributed by atoms with Gasteiger partial charge in [0.1, 0.15) is 17.2 Å². The van der Waals surface area contributed by atoms with E-state index in [9.17, 15) is 9.59 Å². The van der Waals surface area contributed by atoms with Gasteiger partial charge in [-0.15, -0.1) is 0 Å². The Bertz CT molecular complexity index is 1390. The topological polar surface area (TPSA) is 86.2 Å². The summed E-state index contributed by atoms with van der Waals surface area (Å²) in [6, 6.07) is 24.6. The van der Waals surface area contributed by atoms with Crippen molar-refractivity contribution < 1.29 is 23.8 Å². The van der Waals surface area contributed by atoms with Crippen molar-refractivity contribution in [2.24, 2.45) is 5.10 Å². The number of nitrogens with zero attached hydrogens (tertiary/aromatic N) is 1. The molecule has 4 aromatic carbocycles. The highest BCUT2D eigenvalue weighted by atomic mass is 35.5. The molecule has 7 nitrogen and oxygen atoms in total. The van der Waals surface area contributed by atoms with Crippen LogP contribution in [0.2, 0.25) is 5.02 Å². The number of hydrazone groups is 1. The number of fused-ring (bicyclic) bond motifs is 1. The van der Waals surface area contributed by atoms with Crippen molar-refractivity contribution in [3.8, 4) is 17.2 Å². The number of hydrogen-bond acceptors (Lipinski definition) is 6. The van der Waals surface area contributed by atoms with Crippen LogP contribution < -0.4 is 19.6 Å². The Morgan fingerprint density at radius 1 is 0.914 bits per heavy atom. The van der Waals surface area contributed by atoms with Gasteiger partial charge in [-0.05, 0) is 53.2 Å². The van der Waals surface area contributed by atoms with Crippen LogP contribution in [-0.4, -0.2) is 31.8 Å². The number of esters is 1. The summed E-state index contributed by atoms with van der Waals surface area (Å²) < 4.78 is 16.2. The van der Waals surface area contributed by atoms with Gasteiger partial charge in [-0.2, -0.15) is 5.10 Å². The number of halogens is 1. The number of carbonyl (C=O) groups excluding carboxylic acids is 2. The van der Waals surface area contributed by atoms with Crippen molar-refractivity contribution in [1.82, 2.24) is 5.43 Å². The Balaban J connectivity index is 1.50. The van der Waals surface area contributed by atoms with E-state index in [2.05, 4.69) is 10.5 Å².